The van der Waals surface area contributed by atoms with E-state index < -0.39 is 30.2 Å². The van der Waals surface area contributed by atoms with E-state index in [2.05, 4.69) is 0 Å². The third kappa shape index (κ3) is 3.78. The molecule has 2 N–H and O–H groups in total. The van der Waals surface area contributed by atoms with E-state index in [1.165, 1.54) is 7.11 Å². The summed E-state index contributed by atoms with van der Waals surface area (Å²) in [7, 11) is 1.44. The highest BCUT2D eigenvalue weighted by Crippen LogP contribution is 2.41. The first-order valence-corrected chi connectivity index (χ1v) is 10.0. The minimum absolute atomic E-state index is 0.0662. The topological polar surface area (TPSA) is 68.2 Å². The molecular formula is C25H26O5. The SMILES string of the molecule is COC1OC(COC(c2ccccc2)(c2ccccc2)c2ccccc2)[C@@H](O)[C@H]1O. The van der Waals surface area contributed by atoms with E-state index in [0.29, 0.717) is 0 Å². The van der Waals surface area contributed by atoms with Crippen molar-refractivity contribution in [1.82, 2.24) is 0 Å². The first-order valence-electron chi connectivity index (χ1n) is 10.0. The minimum Gasteiger partial charge on any atom is -0.387 e. The van der Waals surface area contributed by atoms with Crippen LogP contribution in [0, 0.1) is 0 Å². The van der Waals surface area contributed by atoms with Crippen LogP contribution in [0.3, 0.4) is 0 Å². The summed E-state index contributed by atoms with van der Waals surface area (Å²) >= 11 is 0. The molecule has 5 heteroatoms. The smallest absolute Gasteiger partial charge is 0.186 e. The predicted molar refractivity (Wildman–Crippen MR) is 113 cm³/mol. The maximum Gasteiger partial charge on any atom is 0.186 e. The highest BCUT2D eigenvalue weighted by Gasteiger charge is 2.45. The number of benzene rings is 3. The van der Waals surface area contributed by atoms with Gasteiger partial charge in [-0.25, -0.2) is 0 Å². The fourth-order valence-corrected chi connectivity index (χ4v) is 4.02. The average molecular weight is 406 g/mol. The van der Waals surface area contributed by atoms with Gasteiger partial charge in [-0.2, -0.15) is 0 Å². The lowest BCUT2D eigenvalue weighted by molar-refractivity contribution is -0.162. The highest BCUT2D eigenvalue weighted by molar-refractivity contribution is 5.47. The molecule has 1 aliphatic heterocycles. The molecule has 1 heterocycles. The molecule has 0 spiro atoms. The van der Waals surface area contributed by atoms with Gasteiger partial charge >= 0.3 is 0 Å². The minimum atomic E-state index is -1.12. The zero-order chi connectivity index (χ0) is 21.0. The van der Waals surface area contributed by atoms with Crippen molar-refractivity contribution in [3.8, 4) is 0 Å². The zero-order valence-corrected chi connectivity index (χ0v) is 16.8. The summed E-state index contributed by atoms with van der Waals surface area (Å²) in [6.07, 6.45) is -3.83. The molecule has 156 valence electrons. The normalized spacial score (nSPS) is 24.1. The molecule has 0 amide bonds. The fourth-order valence-electron chi connectivity index (χ4n) is 4.02. The number of hydrogen-bond acceptors (Lipinski definition) is 5. The maximum absolute atomic E-state index is 10.4. The van der Waals surface area contributed by atoms with Gasteiger partial charge in [-0.1, -0.05) is 91.0 Å². The largest absolute Gasteiger partial charge is 0.387 e. The molecule has 3 aromatic rings. The Morgan fingerprint density at radius 2 is 1.17 bits per heavy atom. The van der Waals surface area contributed by atoms with Crippen LogP contribution in [-0.4, -0.2) is 48.5 Å². The standard InChI is InChI=1S/C25H26O5/c1-28-24-23(27)22(26)21(30-24)17-29-25(18-11-5-2-6-12-18,19-13-7-3-8-14-19)20-15-9-4-10-16-20/h2-16,21-24,26-27H,17H2,1H3/t21?,22-,23-,24?/m1/s1. The second kappa shape index (κ2) is 9.08. The van der Waals surface area contributed by atoms with Gasteiger partial charge in [-0.3, -0.25) is 0 Å². The molecule has 1 saturated heterocycles. The van der Waals surface area contributed by atoms with Crippen molar-refractivity contribution in [3.05, 3.63) is 108 Å². The lowest BCUT2D eigenvalue weighted by atomic mass is 9.80. The van der Waals surface area contributed by atoms with Crippen LogP contribution in [0.2, 0.25) is 0 Å². The van der Waals surface area contributed by atoms with Crippen LogP contribution in [0.15, 0.2) is 91.0 Å². The fraction of sp³-hybridized carbons (Fsp3) is 0.280. The Morgan fingerprint density at radius 3 is 1.53 bits per heavy atom. The van der Waals surface area contributed by atoms with Crippen molar-refractivity contribution in [2.75, 3.05) is 13.7 Å². The van der Waals surface area contributed by atoms with Gasteiger partial charge in [0.15, 0.2) is 6.29 Å². The van der Waals surface area contributed by atoms with Crippen molar-refractivity contribution in [3.63, 3.8) is 0 Å². The molecule has 1 fully saturated rings. The summed E-state index contributed by atoms with van der Waals surface area (Å²) in [5, 5.41) is 20.6. The second-order valence-corrected chi connectivity index (χ2v) is 7.35. The average Bonchev–Trinajstić information content (AvgIpc) is 3.09. The molecule has 2 unspecified atom stereocenters. The Kier molecular flexibility index (Phi) is 6.27. The Balaban J connectivity index is 1.78. The molecule has 1 aliphatic rings. The van der Waals surface area contributed by atoms with Gasteiger partial charge in [0.25, 0.3) is 0 Å². The Hall–Kier alpha value is -2.54. The quantitative estimate of drug-likeness (QED) is 0.590. The van der Waals surface area contributed by atoms with E-state index in [1.54, 1.807) is 0 Å². The van der Waals surface area contributed by atoms with Crippen LogP contribution in [0.4, 0.5) is 0 Å². The van der Waals surface area contributed by atoms with Crippen LogP contribution < -0.4 is 0 Å². The molecule has 30 heavy (non-hydrogen) atoms. The van der Waals surface area contributed by atoms with E-state index in [0.717, 1.165) is 16.7 Å². The zero-order valence-electron chi connectivity index (χ0n) is 16.8. The molecule has 5 nitrogen and oxygen atoms in total. The number of methoxy groups -OCH3 is 1. The molecule has 0 aromatic heterocycles. The molecule has 0 saturated carbocycles. The van der Waals surface area contributed by atoms with E-state index in [1.807, 2.05) is 91.0 Å². The van der Waals surface area contributed by atoms with Crippen LogP contribution in [0.1, 0.15) is 16.7 Å². The van der Waals surface area contributed by atoms with Crippen LogP contribution in [-0.2, 0) is 19.8 Å². The second-order valence-electron chi connectivity index (χ2n) is 7.35. The number of rotatable bonds is 7. The van der Waals surface area contributed by atoms with Gasteiger partial charge in [-0.15, -0.1) is 0 Å². The molecular weight excluding hydrogens is 380 g/mol. The summed E-state index contributed by atoms with van der Waals surface area (Å²) in [5.41, 5.74) is 1.96. The molecule has 0 bridgehead atoms. The third-order valence-corrected chi connectivity index (χ3v) is 5.56. The molecule has 4 atom stereocenters. The summed E-state index contributed by atoms with van der Waals surface area (Å²) in [6, 6.07) is 29.9. The first kappa shape index (κ1) is 20.7. The molecule has 4 rings (SSSR count). The van der Waals surface area contributed by atoms with Gasteiger partial charge in [0.05, 0.1) is 6.61 Å². The number of aliphatic hydroxyl groups excluding tert-OH is 2. The van der Waals surface area contributed by atoms with Crippen molar-refractivity contribution < 1.29 is 24.4 Å². The van der Waals surface area contributed by atoms with Crippen LogP contribution >= 0.6 is 0 Å². The van der Waals surface area contributed by atoms with E-state index in [-0.39, 0.29) is 6.61 Å². The third-order valence-electron chi connectivity index (χ3n) is 5.56. The van der Waals surface area contributed by atoms with Crippen molar-refractivity contribution in [2.45, 2.75) is 30.2 Å². The summed E-state index contributed by atoms with van der Waals surface area (Å²) < 4.78 is 17.4. The Morgan fingerprint density at radius 1 is 0.733 bits per heavy atom. The van der Waals surface area contributed by atoms with Crippen LogP contribution in [0.5, 0.6) is 0 Å². The van der Waals surface area contributed by atoms with Gasteiger partial charge in [0.1, 0.15) is 23.9 Å². The molecule has 0 radical (unpaired) electrons. The molecule has 3 aromatic carbocycles. The first-order chi connectivity index (χ1) is 14.7. The van der Waals surface area contributed by atoms with Gasteiger partial charge in [0, 0.05) is 7.11 Å². The maximum atomic E-state index is 10.4. The lowest BCUT2D eigenvalue weighted by Gasteiger charge is -2.37. The van der Waals surface area contributed by atoms with Crippen LogP contribution in [0.25, 0.3) is 0 Å². The lowest BCUT2D eigenvalue weighted by Crippen LogP contribution is -2.39. The van der Waals surface area contributed by atoms with E-state index >= 15 is 0 Å². The number of aliphatic hydroxyl groups is 2. The van der Waals surface area contributed by atoms with Gasteiger partial charge in [-0.05, 0) is 16.7 Å². The Bertz CT molecular complexity index is 819. The summed E-state index contributed by atoms with van der Waals surface area (Å²) in [5.74, 6) is 0. The Labute approximate surface area is 176 Å². The van der Waals surface area contributed by atoms with Crippen molar-refractivity contribution in [1.29, 1.82) is 0 Å². The molecule has 0 aliphatic carbocycles. The van der Waals surface area contributed by atoms with Crippen molar-refractivity contribution >= 4 is 0 Å². The van der Waals surface area contributed by atoms with Crippen molar-refractivity contribution in [2.24, 2.45) is 0 Å². The highest BCUT2D eigenvalue weighted by atomic mass is 16.7. The number of hydrogen-bond donors (Lipinski definition) is 2. The summed E-state index contributed by atoms with van der Waals surface area (Å²) in [4.78, 5) is 0. The van der Waals surface area contributed by atoms with E-state index in [9.17, 15) is 10.2 Å². The monoisotopic (exact) mass is 406 g/mol. The van der Waals surface area contributed by atoms with Gasteiger partial charge < -0.3 is 24.4 Å². The number of ether oxygens (including phenoxy) is 3. The summed E-state index contributed by atoms with van der Waals surface area (Å²) in [6.45, 7) is 0.0662. The van der Waals surface area contributed by atoms with Gasteiger partial charge in [0.2, 0.25) is 0 Å². The predicted octanol–water partition coefficient (Wildman–Crippen LogP) is 3.09. The van der Waals surface area contributed by atoms with E-state index in [4.69, 9.17) is 14.2 Å².